The summed E-state index contributed by atoms with van der Waals surface area (Å²) in [7, 11) is 0. The van der Waals surface area contributed by atoms with Crippen LogP contribution in [-0.2, 0) is 0 Å². The van der Waals surface area contributed by atoms with Crippen molar-refractivity contribution in [3.05, 3.63) is 48.0 Å². The Bertz CT molecular complexity index is 588. The smallest absolute Gasteiger partial charge is 0.163 e. The van der Waals surface area contributed by atoms with E-state index in [1.54, 1.807) is 0 Å². The van der Waals surface area contributed by atoms with Crippen LogP contribution in [0, 0.1) is 5.92 Å². The second kappa shape index (κ2) is 6.21. The van der Waals surface area contributed by atoms with Crippen LogP contribution >= 0.6 is 0 Å². The van der Waals surface area contributed by atoms with Gasteiger partial charge in [-0.25, -0.2) is 0 Å². The molecule has 0 saturated heterocycles. The largest absolute Gasteiger partial charge is 0.294 e. The zero-order valence-electron chi connectivity index (χ0n) is 12.0. The van der Waals surface area contributed by atoms with Crippen LogP contribution < -0.4 is 0 Å². The second-order valence-corrected chi connectivity index (χ2v) is 5.99. The van der Waals surface area contributed by atoms with Gasteiger partial charge in [-0.15, -0.1) is 0 Å². The SMILES string of the molecule is O=C(CCC1CCCCC1)c1cccc2ccccc12. The molecule has 1 fully saturated rings. The molecule has 1 aliphatic carbocycles. The topological polar surface area (TPSA) is 17.1 Å². The van der Waals surface area contributed by atoms with Crippen molar-refractivity contribution in [2.24, 2.45) is 5.92 Å². The molecule has 0 bridgehead atoms. The molecule has 0 unspecified atom stereocenters. The van der Waals surface area contributed by atoms with Gasteiger partial charge in [0, 0.05) is 12.0 Å². The molecule has 0 atom stereocenters. The summed E-state index contributed by atoms with van der Waals surface area (Å²) in [6.07, 6.45) is 8.51. The van der Waals surface area contributed by atoms with Crippen molar-refractivity contribution >= 4 is 16.6 Å². The Hall–Kier alpha value is -1.63. The van der Waals surface area contributed by atoms with E-state index in [-0.39, 0.29) is 0 Å². The summed E-state index contributed by atoms with van der Waals surface area (Å²) in [6.45, 7) is 0. The molecule has 0 N–H and O–H groups in total. The maximum Gasteiger partial charge on any atom is 0.163 e. The summed E-state index contributed by atoms with van der Waals surface area (Å²) in [6, 6.07) is 14.2. The highest BCUT2D eigenvalue weighted by molar-refractivity contribution is 6.08. The zero-order chi connectivity index (χ0) is 13.8. The van der Waals surface area contributed by atoms with Gasteiger partial charge in [0.05, 0.1) is 0 Å². The van der Waals surface area contributed by atoms with Gasteiger partial charge in [0.2, 0.25) is 0 Å². The van der Waals surface area contributed by atoms with Crippen LogP contribution in [-0.4, -0.2) is 5.78 Å². The molecule has 1 saturated carbocycles. The minimum absolute atomic E-state index is 0.312. The first-order valence-electron chi connectivity index (χ1n) is 7.85. The Labute approximate surface area is 121 Å². The molecule has 1 heteroatoms. The Balaban J connectivity index is 1.72. The van der Waals surface area contributed by atoms with Gasteiger partial charge in [-0.1, -0.05) is 74.6 Å². The fraction of sp³-hybridized carbons (Fsp3) is 0.421. The molecule has 3 rings (SSSR count). The van der Waals surface area contributed by atoms with Crippen LogP contribution in [0.5, 0.6) is 0 Å². The van der Waals surface area contributed by atoms with Gasteiger partial charge in [-0.05, 0) is 23.1 Å². The Kier molecular flexibility index (Phi) is 4.15. The quantitative estimate of drug-likeness (QED) is 0.679. The van der Waals surface area contributed by atoms with Crippen LogP contribution in [0.25, 0.3) is 10.8 Å². The number of hydrogen-bond acceptors (Lipinski definition) is 1. The summed E-state index contributed by atoms with van der Waals surface area (Å²) in [5.74, 6) is 1.09. The van der Waals surface area contributed by atoms with Crippen molar-refractivity contribution < 1.29 is 4.79 Å². The second-order valence-electron chi connectivity index (χ2n) is 5.99. The third kappa shape index (κ3) is 2.92. The van der Waals surface area contributed by atoms with Gasteiger partial charge >= 0.3 is 0 Å². The summed E-state index contributed by atoms with van der Waals surface area (Å²) < 4.78 is 0. The Morgan fingerprint density at radius 3 is 2.55 bits per heavy atom. The first-order chi connectivity index (χ1) is 9.84. The fourth-order valence-corrected chi connectivity index (χ4v) is 3.41. The van der Waals surface area contributed by atoms with Crippen molar-refractivity contribution in [2.75, 3.05) is 0 Å². The lowest BCUT2D eigenvalue weighted by Crippen LogP contribution is -2.09. The molecule has 0 aromatic heterocycles. The highest BCUT2D eigenvalue weighted by atomic mass is 16.1. The highest BCUT2D eigenvalue weighted by Crippen LogP contribution is 2.28. The molecule has 0 heterocycles. The number of fused-ring (bicyclic) bond motifs is 1. The molecule has 2 aromatic carbocycles. The minimum Gasteiger partial charge on any atom is -0.294 e. The predicted molar refractivity (Wildman–Crippen MR) is 84.1 cm³/mol. The lowest BCUT2D eigenvalue weighted by molar-refractivity contribution is 0.0972. The number of ketones is 1. The fourth-order valence-electron chi connectivity index (χ4n) is 3.41. The van der Waals surface area contributed by atoms with E-state index in [2.05, 4.69) is 18.2 Å². The minimum atomic E-state index is 0.312. The van der Waals surface area contributed by atoms with E-state index in [4.69, 9.17) is 0 Å². The van der Waals surface area contributed by atoms with E-state index in [1.165, 1.54) is 32.1 Å². The number of benzene rings is 2. The standard InChI is InChI=1S/C19H22O/c20-19(14-13-15-7-2-1-3-8-15)18-12-6-10-16-9-4-5-11-17(16)18/h4-6,9-12,15H,1-3,7-8,13-14H2. The molecule has 0 spiro atoms. The Morgan fingerprint density at radius 1 is 0.950 bits per heavy atom. The van der Waals surface area contributed by atoms with Crippen molar-refractivity contribution in [1.29, 1.82) is 0 Å². The number of rotatable bonds is 4. The van der Waals surface area contributed by atoms with Gasteiger partial charge in [0.1, 0.15) is 0 Å². The van der Waals surface area contributed by atoms with E-state index in [0.717, 1.165) is 28.7 Å². The van der Waals surface area contributed by atoms with Gasteiger partial charge in [-0.3, -0.25) is 4.79 Å². The van der Waals surface area contributed by atoms with Crippen molar-refractivity contribution in [2.45, 2.75) is 44.9 Å². The van der Waals surface area contributed by atoms with Crippen LogP contribution in [0.2, 0.25) is 0 Å². The lowest BCUT2D eigenvalue weighted by Gasteiger charge is -2.21. The molecule has 1 nitrogen and oxygen atoms in total. The van der Waals surface area contributed by atoms with Crippen molar-refractivity contribution in [3.63, 3.8) is 0 Å². The van der Waals surface area contributed by atoms with E-state index in [9.17, 15) is 4.79 Å². The molecule has 104 valence electrons. The molecule has 0 radical (unpaired) electrons. The van der Waals surface area contributed by atoms with Crippen LogP contribution in [0.3, 0.4) is 0 Å². The van der Waals surface area contributed by atoms with E-state index >= 15 is 0 Å². The maximum atomic E-state index is 12.5. The highest BCUT2D eigenvalue weighted by Gasteiger charge is 2.16. The summed E-state index contributed by atoms with van der Waals surface area (Å²) in [5.41, 5.74) is 0.902. The summed E-state index contributed by atoms with van der Waals surface area (Å²) >= 11 is 0. The van der Waals surface area contributed by atoms with Gasteiger partial charge < -0.3 is 0 Å². The summed E-state index contributed by atoms with van der Waals surface area (Å²) in [5, 5.41) is 2.26. The van der Waals surface area contributed by atoms with E-state index in [0.29, 0.717) is 12.2 Å². The number of carbonyl (C=O) groups is 1. The molecular weight excluding hydrogens is 244 g/mol. The van der Waals surface area contributed by atoms with Gasteiger partial charge in [-0.2, -0.15) is 0 Å². The maximum absolute atomic E-state index is 12.5. The average molecular weight is 266 g/mol. The molecular formula is C19H22O. The zero-order valence-corrected chi connectivity index (χ0v) is 12.0. The van der Waals surface area contributed by atoms with Crippen molar-refractivity contribution in [3.8, 4) is 0 Å². The molecule has 0 aliphatic heterocycles. The molecule has 2 aromatic rings. The summed E-state index contributed by atoms with van der Waals surface area (Å²) in [4.78, 5) is 12.5. The van der Waals surface area contributed by atoms with Crippen LogP contribution in [0.15, 0.2) is 42.5 Å². The first kappa shape index (κ1) is 13.4. The molecule has 20 heavy (non-hydrogen) atoms. The lowest BCUT2D eigenvalue weighted by atomic mass is 9.85. The molecule has 1 aliphatic rings. The van der Waals surface area contributed by atoms with Crippen LogP contribution in [0.4, 0.5) is 0 Å². The number of carbonyl (C=O) groups excluding carboxylic acids is 1. The van der Waals surface area contributed by atoms with Crippen molar-refractivity contribution in [1.82, 2.24) is 0 Å². The van der Waals surface area contributed by atoms with Gasteiger partial charge in [0.15, 0.2) is 5.78 Å². The Morgan fingerprint density at radius 2 is 1.70 bits per heavy atom. The normalized spacial score (nSPS) is 16.4. The van der Waals surface area contributed by atoms with Crippen LogP contribution in [0.1, 0.15) is 55.3 Å². The predicted octanol–water partition coefficient (Wildman–Crippen LogP) is 5.38. The third-order valence-electron chi connectivity index (χ3n) is 4.59. The van der Waals surface area contributed by atoms with E-state index < -0.39 is 0 Å². The first-order valence-corrected chi connectivity index (χ1v) is 7.85. The number of hydrogen-bond donors (Lipinski definition) is 0. The average Bonchev–Trinajstić information content (AvgIpc) is 2.53. The van der Waals surface area contributed by atoms with Gasteiger partial charge in [0.25, 0.3) is 0 Å². The van der Waals surface area contributed by atoms with E-state index in [1.807, 2.05) is 24.3 Å². The molecule has 0 amide bonds. The number of Topliss-reactive ketones (excluding diaryl/α,β-unsaturated/α-hetero) is 1. The third-order valence-corrected chi connectivity index (χ3v) is 4.59. The monoisotopic (exact) mass is 266 g/mol.